The van der Waals surface area contributed by atoms with Crippen LogP contribution in [0.2, 0.25) is 0 Å². The Kier molecular flexibility index (Phi) is 6.19. The van der Waals surface area contributed by atoms with Crippen LogP contribution in [-0.2, 0) is 6.42 Å². The van der Waals surface area contributed by atoms with Crippen LogP contribution in [0.3, 0.4) is 0 Å². The second-order valence-electron chi connectivity index (χ2n) is 8.24. The Morgan fingerprint density at radius 2 is 1.88 bits per heavy atom. The fraction of sp³-hybridized carbons (Fsp3) is 0.391. The average molecular weight is 459 g/mol. The molecule has 0 radical (unpaired) electrons. The van der Waals surface area contributed by atoms with E-state index in [1.807, 2.05) is 20.8 Å². The standard InChI is InChI=1S/C23H24F2N4O2S/c1-4-5-16-11-28(13(2)3)23(31)20-19(25)21(30)17(12-29(16)20)22-27-26-18(32-22)10-14-6-8-15(24)9-7-14/h6-9,12-13,16H,4-5,10-11H2,1-3H3. The van der Waals surface area contributed by atoms with E-state index in [4.69, 9.17) is 0 Å². The minimum Gasteiger partial charge on any atom is -0.335 e. The van der Waals surface area contributed by atoms with Gasteiger partial charge in [-0.2, -0.15) is 0 Å². The summed E-state index contributed by atoms with van der Waals surface area (Å²) in [6, 6.07) is 5.83. The molecule has 3 aromatic rings. The Bertz CT molecular complexity index is 1200. The van der Waals surface area contributed by atoms with E-state index >= 15 is 4.39 Å². The second kappa shape index (κ2) is 8.90. The van der Waals surface area contributed by atoms with Gasteiger partial charge in [0.05, 0.1) is 11.6 Å². The van der Waals surface area contributed by atoms with Gasteiger partial charge in [0.15, 0.2) is 10.8 Å². The minimum absolute atomic E-state index is 0.0954. The lowest BCUT2D eigenvalue weighted by atomic mass is 10.0. The highest BCUT2D eigenvalue weighted by Crippen LogP contribution is 2.30. The molecule has 0 saturated carbocycles. The summed E-state index contributed by atoms with van der Waals surface area (Å²) in [4.78, 5) is 27.4. The Morgan fingerprint density at radius 1 is 1.16 bits per heavy atom. The number of benzene rings is 1. The maximum absolute atomic E-state index is 15.3. The zero-order valence-electron chi connectivity index (χ0n) is 18.1. The van der Waals surface area contributed by atoms with Crippen molar-refractivity contribution in [1.82, 2.24) is 19.7 Å². The highest BCUT2D eigenvalue weighted by Gasteiger charge is 2.36. The van der Waals surface area contributed by atoms with Crippen LogP contribution in [0, 0.1) is 11.6 Å². The molecule has 9 heteroatoms. The molecule has 1 aliphatic rings. The Hall–Kier alpha value is -2.94. The quantitative estimate of drug-likeness (QED) is 0.548. The zero-order chi connectivity index (χ0) is 23.0. The van der Waals surface area contributed by atoms with Crippen molar-refractivity contribution in [2.24, 2.45) is 0 Å². The number of halogens is 2. The van der Waals surface area contributed by atoms with Crippen LogP contribution in [0.4, 0.5) is 8.78 Å². The summed E-state index contributed by atoms with van der Waals surface area (Å²) in [6.45, 7) is 6.25. The Morgan fingerprint density at radius 3 is 2.53 bits per heavy atom. The molecule has 1 aromatic carbocycles. The highest BCUT2D eigenvalue weighted by atomic mass is 32.1. The molecule has 0 bridgehead atoms. The monoisotopic (exact) mass is 458 g/mol. The van der Waals surface area contributed by atoms with Crippen molar-refractivity contribution in [3.8, 4) is 10.6 Å². The number of aromatic nitrogens is 3. The number of carbonyl (C=O) groups excluding carboxylic acids is 1. The maximum Gasteiger partial charge on any atom is 0.274 e. The second-order valence-corrected chi connectivity index (χ2v) is 9.30. The molecule has 2 aromatic heterocycles. The third-order valence-electron chi connectivity index (χ3n) is 5.65. The van der Waals surface area contributed by atoms with Crippen LogP contribution in [0.25, 0.3) is 10.6 Å². The molecule has 0 fully saturated rings. The number of rotatable bonds is 6. The van der Waals surface area contributed by atoms with Gasteiger partial charge >= 0.3 is 0 Å². The van der Waals surface area contributed by atoms with Crippen molar-refractivity contribution in [3.63, 3.8) is 0 Å². The topological polar surface area (TPSA) is 68.1 Å². The number of amides is 1. The predicted octanol–water partition coefficient (Wildman–Crippen LogP) is 4.44. The van der Waals surface area contributed by atoms with E-state index in [-0.39, 0.29) is 29.2 Å². The summed E-state index contributed by atoms with van der Waals surface area (Å²) in [6.07, 6.45) is 3.58. The first kappa shape index (κ1) is 22.3. The van der Waals surface area contributed by atoms with Gasteiger partial charge in [0.2, 0.25) is 5.43 Å². The fourth-order valence-corrected chi connectivity index (χ4v) is 4.88. The number of nitrogens with zero attached hydrogens (tertiary/aromatic N) is 4. The van der Waals surface area contributed by atoms with E-state index in [0.717, 1.165) is 18.4 Å². The van der Waals surface area contributed by atoms with E-state index in [9.17, 15) is 14.0 Å². The van der Waals surface area contributed by atoms with Crippen LogP contribution in [0.1, 0.15) is 60.7 Å². The molecule has 0 N–H and O–H groups in total. The molecule has 32 heavy (non-hydrogen) atoms. The zero-order valence-corrected chi connectivity index (χ0v) is 19.0. The molecule has 1 amide bonds. The first-order chi connectivity index (χ1) is 15.3. The Balaban J connectivity index is 1.74. The predicted molar refractivity (Wildman–Crippen MR) is 119 cm³/mol. The van der Waals surface area contributed by atoms with Gasteiger partial charge in [-0.25, -0.2) is 8.78 Å². The van der Waals surface area contributed by atoms with Crippen LogP contribution < -0.4 is 5.43 Å². The summed E-state index contributed by atoms with van der Waals surface area (Å²) in [5.74, 6) is -1.84. The summed E-state index contributed by atoms with van der Waals surface area (Å²) in [7, 11) is 0. The molecule has 1 unspecified atom stereocenters. The number of hydrogen-bond donors (Lipinski definition) is 0. The summed E-state index contributed by atoms with van der Waals surface area (Å²) >= 11 is 1.19. The van der Waals surface area contributed by atoms with Crippen LogP contribution in [-0.4, -0.2) is 38.2 Å². The Labute approximate surface area is 188 Å². The van der Waals surface area contributed by atoms with Crippen molar-refractivity contribution in [2.45, 2.75) is 52.1 Å². The van der Waals surface area contributed by atoms with Crippen molar-refractivity contribution >= 4 is 17.2 Å². The molecule has 0 aliphatic carbocycles. The van der Waals surface area contributed by atoms with E-state index in [2.05, 4.69) is 10.2 Å². The first-order valence-corrected chi connectivity index (χ1v) is 11.4. The first-order valence-electron chi connectivity index (χ1n) is 10.6. The average Bonchev–Trinajstić information content (AvgIpc) is 3.21. The van der Waals surface area contributed by atoms with Gasteiger partial charge in [-0.1, -0.05) is 36.8 Å². The summed E-state index contributed by atoms with van der Waals surface area (Å²) < 4.78 is 30.0. The number of pyridine rings is 1. The van der Waals surface area contributed by atoms with Gasteiger partial charge in [-0.3, -0.25) is 9.59 Å². The van der Waals surface area contributed by atoms with Crippen molar-refractivity contribution in [3.05, 3.63) is 68.6 Å². The molecular weight excluding hydrogens is 434 g/mol. The van der Waals surface area contributed by atoms with Crippen LogP contribution in [0.5, 0.6) is 0 Å². The molecule has 0 spiro atoms. The van der Waals surface area contributed by atoms with Crippen LogP contribution >= 0.6 is 11.3 Å². The van der Waals surface area contributed by atoms with E-state index in [0.29, 0.717) is 23.0 Å². The van der Waals surface area contributed by atoms with Crippen molar-refractivity contribution in [1.29, 1.82) is 0 Å². The van der Waals surface area contributed by atoms with Gasteiger partial charge in [0.1, 0.15) is 16.5 Å². The van der Waals surface area contributed by atoms with Gasteiger partial charge in [-0.15, -0.1) is 10.2 Å². The summed E-state index contributed by atoms with van der Waals surface area (Å²) in [5.41, 5.74) is -0.0889. The number of fused-ring (bicyclic) bond motifs is 1. The van der Waals surface area contributed by atoms with E-state index < -0.39 is 17.2 Å². The maximum atomic E-state index is 15.3. The molecule has 1 atom stereocenters. The molecule has 1 aliphatic heterocycles. The lowest BCUT2D eigenvalue weighted by molar-refractivity contribution is 0.0589. The largest absolute Gasteiger partial charge is 0.335 e. The molecular formula is C23H24F2N4O2S. The lowest BCUT2D eigenvalue weighted by Crippen LogP contribution is -2.48. The minimum atomic E-state index is -1.05. The van der Waals surface area contributed by atoms with Gasteiger partial charge in [-0.05, 0) is 38.0 Å². The lowest BCUT2D eigenvalue weighted by Gasteiger charge is -2.38. The smallest absolute Gasteiger partial charge is 0.274 e. The molecule has 168 valence electrons. The number of carbonyl (C=O) groups is 1. The number of hydrogen-bond acceptors (Lipinski definition) is 5. The molecule has 6 nitrogen and oxygen atoms in total. The third kappa shape index (κ3) is 4.09. The van der Waals surface area contributed by atoms with Crippen molar-refractivity contribution in [2.75, 3.05) is 6.54 Å². The summed E-state index contributed by atoms with van der Waals surface area (Å²) in [5, 5.41) is 9.16. The molecule has 4 rings (SSSR count). The fourth-order valence-electron chi connectivity index (χ4n) is 4.00. The van der Waals surface area contributed by atoms with E-state index in [1.165, 1.54) is 23.5 Å². The highest BCUT2D eigenvalue weighted by molar-refractivity contribution is 7.14. The SMILES string of the molecule is CCCC1CN(C(C)C)C(=O)c2c(F)c(=O)c(-c3nnc(Cc4ccc(F)cc4)s3)cn21. The molecule has 3 heterocycles. The van der Waals surface area contributed by atoms with Gasteiger partial charge in [0, 0.05) is 25.2 Å². The van der Waals surface area contributed by atoms with Crippen molar-refractivity contribution < 1.29 is 13.6 Å². The van der Waals surface area contributed by atoms with Gasteiger partial charge in [0.25, 0.3) is 5.91 Å². The van der Waals surface area contributed by atoms with Crippen LogP contribution in [0.15, 0.2) is 35.3 Å². The molecule has 0 saturated heterocycles. The normalized spacial score (nSPS) is 16.0. The van der Waals surface area contributed by atoms with Gasteiger partial charge < -0.3 is 9.47 Å². The van der Waals surface area contributed by atoms with E-state index in [1.54, 1.807) is 27.8 Å². The third-order valence-corrected chi connectivity index (χ3v) is 6.61.